The number of aromatic nitrogens is 3. The summed E-state index contributed by atoms with van der Waals surface area (Å²) in [7, 11) is 1.88. The predicted molar refractivity (Wildman–Crippen MR) is 89.1 cm³/mol. The van der Waals surface area contributed by atoms with Crippen LogP contribution in [-0.2, 0) is 7.05 Å². The lowest BCUT2D eigenvalue weighted by Gasteiger charge is -2.40. The summed E-state index contributed by atoms with van der Waals surface area (Å²) >= 11 is 0. The number of fused-ring (bicyclic) bond motifs is 3. The summed E-state index contributed by atoms with van der Waals surface area (Å²) in [5, 5.41) is 5.64. The first-order valence-electron chi connectivity index (χ1n) is 7.91. The van der Waals surface area contributed by atoms with Gasteiger partial charge in [-0.2, -0.15) is 5.10 Å². The smallest absolute Gasteiger partial charge is 0.129 e. The molecule has 3 aliphatic rings. The van der Waals surface area contributed by atoms with Crippen LogP contribution in [0.5, 0.6) is 0 Å². The number of hydrogen-bond acceptors (Lipinski definition) is 3. The average molecular weight is 293 g/mol. The van der Waals surface area contributed by atoms with Crippen molar-refractivity contribution in [2.75, 3.05) is 23.7 Å². The van der Waals surface area contributed by atoms with Crippen LogP contribution in [0.25, 0.3) is 22.0 Å². The van der Waals surface area contributed by atoms with Crippen molar-refractivity contribution in [1.29, 1.82) is 0 Å². The molecule has 0 spiro atoms. The molecule has 5 heteroatoms. The zero-order valence-electron chi connectivity index (χ0n) is 12.6. The lowest BCUT2D eigenvalue weighted by atomic mass is 9.84. The first-order chi connectivity index (χ1) is 10.7. The maximum atomic E-state index is 6.19. The van der Waals surface area contributed by atoms with Crippen LogP contribution in [-0.4, -0.2) is 27.9 Å². The molecule has 3 N–H and O–H groups in total. The van der Waals surface area contributed by atoms with Gasteiger partial charge in [-0.25, -0.2) is 0 Å². The van der Waals surface area contributed by atoms with Crippen LogP contribution in [0.2, 0.25) is 0 Å². The van der Waals surface area contributed by atoms with E-state index in [2.05, 4.69) is 33.2 Å². The van der Waals surface area contributed by atoms with Crippen molar-refractivity contribution < 1.29 is 0 Å². The van der Waals surface area contributed by atoms with Crippen molar-refractivity contribution in [1.82, 2.24) is 14.8 Å². The monoisotopic (exact) mass is 293 g/mol. The number of aromatic amines is 1. The molecule has 3 aliphatic heterocycles. The van der Waals surface area contributed by atoms with E-state index < -0.39 is 0 Å². The van der Waals surface area contributed by atoms with Gasteiger partial charge in [0.05, 0.1) is 11.7 Å². The molecule has 5 heterocycles. The summed E-state index contributed by atoms with van der Waals surface area (Å²) in [4.78, 5) is 6.18. The Labute approximate surface area is 128 Å². The fourth-order valence-corrected chi connectivity index (χ4v) is 4.16. The van der Waals surface area contributed by atoms with E-state index in [9.17, 15) is 0 Å². The number of rotatable bonds is 1. The SMILES string of the molecule is Cn1ncc(-c2cccc3c4c([nH]c23)N2CCC4CC2)c1N. The average Bonchev–Trinajstić information content (AvgIpc) is 3.11. The fourth-order valence-electron chi connectivity index (χ4n) is 4.16. The molecule has 0 saturated carbocycles. The molecule has 3 aromatic rings. The van der Waals surface area contributed by atoms with E-state index in [-0.39, 0.29) is 0 Å². The Hall–Kier alpha value is -2.43. The third-order valence-corrected chi connectivity index (χ3v) is 5.35. The van der Waals surface area contributed by atoms with Gasteiger partial charge >= 0.3 is 0 Å². The number of aryl methyl sites for hydroxylation is 1. The lowest BCUT2D eigenvalue weighted by Crippen LogP contribution is -2.38. The Morgan fingerprint density at radius 3 is 2.77 bits per heavy atom. The summed E-state index contributed by atoms with van der Waals surface area (Å²) in [6, 6.07) is 6.51. The van der Waals surface area contributed by atoms with Crippen LogP contribution >= 0.6 is 0 Å². The molecule has 1 saturated heterocycles. The van der Waals surface area contributed by atoms with Gasteiger partial charge in [0.25, 0.3) is 0 Å². The van der Waals surface area contributed by atoms with Gasteiger partial charge in [-0.05, 0) is 18.8 Å². The van der Waals surface area contributed by atoms with Crippen molar-refractivity contribution in [3.63, 3.8) is 0 Å². The van der Waals surface area contributed by atoms with Gasteiger partial charge in [-0.1, -0.05) is 18.2 Å². The normalized spacial score (nSPS) is 17.4. The van der Waals surface area contributed by atoms with Crippen molar-refractivity contribution in [2.45, 2.75) is 18.8 Å². The fraction of sp³-hybridized carbons (Fsp3) is 0.353. The highest BCUT2D eigenvalue weighted by Gasteiger charge is 2.34. The first kappa shape index (κ1) is 12.1. The molecule has 1 fully saturated rings. The van der Waals surface area contributed by atoms with E-state index in [1.165, 1.54) is 48.2 Å². The standard InChI is InChI=1S/C17H19N5/c1-21-16(18)13(9-19-21)11-3-2-4-12-14-10-5-7-22(8-6-10)17(14)20-15(11)12/h2-4,9-10,20H,5-8,18H2,1H3. The summed E-state index contributed by atoms with van der Waals surface area (Å²) < 4.78 is 1.73. The second kappa shape index (κ2) is 4.06. The van der Waals surface area contributed by atoms with E-state index in [0.717, 1.165) is 11.1 Å². The number of nitrogen functional groups attached to an aromatic ring is 1. The molecular weight excluding hydrogens is 274 g/mol. The topological polar surface area (TPSA) is 62.9 Å². The highest BCUT2D eigenvalue weighted by atomic mass is 15.3. The number of para-hydroxylation sites is 1. The van der Waals surface area contributed by atoms with Gasteiger partial charge in [0, 0.05) is 42.2 Å². The van der Waals surface area contributed by atoms with Gasteiger partial charge in [0.15, 0.2) is 0 Å². The van der Waals surface area contributed by atoms with Gasteiger partial charge < -0.3 is 15.6 Å². The van der Waals surface area contributed by atoms with Crippen molar-refractivity contribution in [2.24, 2.45) is 7.05 Å². The molecule has 22 heavy (non-hydrogen) atoms. The Morgan fingerprint density at radius 1 is 1.23 bits per heavy atom. The summed E-state index contributed by atoms with van der Waals surface area (Å²) in [6.45, 7) is 2.35. The molecule has 6 rings (SSSR count). The van der Waals surface area contributed by atoms with Gasteiger partial charge in [0.1, 0.15) is 11.6 Å². The minimum absolute atomic E-state index is 0.704. The molecule has 1 aromatic carbocycles. The summed E-state index contributed by atoms with van der Waals surface area (Å²) in [5.74, 6) is 2.74. The Bertz CT molecular complexity index is 880. The van der Waals surface area contributed by atoms with E-state index in [4.69, 9.17) is 5.73 Å². The third kappa shape index (κ3) is 1.41. The molecule has 0 unspecified atom stereocenters. The van der Waals surface area contributed by atoms with Crippen LogP contribution in [0.3, 0.4) is 0 Å². The number of benzene rings is 1. The molecule has 2 aromatic heterocycles. The second-order valence-corrected chi connectivity index (χ2v) is 6.44. The molecule has 0 radical (unpaired) electrons. The number of nitrogens with one attached hydrogen (secondary N) is 1. The van der Waals surface area contributed by atoms with Crippen molar-refractivity contribution >= 4 is 22.5 Å². The molecular formula is C17H19N5. The zero-order chi connectivity index (χ0) is 14.8. The first-order valence-corrected chi connectivity index (χ1v) is 7.91. The highest BCUT2D eigenvalue weighted by Crippen LogP contribution is 2.47. The summed E-state index contributed by atoms with van der Waals surface area (Å²) in [6.07, 6.45) is 4.41. The number of nitrogens with two attached hydrogens (primary N) is 1. The van der Waals surface area contributed by atoms with Gasteiger partial charge in [0.2, 0.25) is 0 Å². The van der Waals surface area contributed by atoms with Crippen LogP contribution in [0.4, 0.5) is 11.6 Å². The third-order valence-electron chi connectivity index (χ3n) is 5.35. The van der Waals surface area contributed by atoms with Crippen LogP contribution < -0.4 is 10.6 Å². The largest absolute Gasteiger partial charge is 0.383 e. The number of piperidine rings is 1. The van der Waals surface area contributed by atoms with Crippen LogP contribution in [0.15, 0.2) is 24.4 Å². The minimum atomic E-state index is 0.704. The minimum Gasteiger partial charge on any atom is -0.383 e. The van der Waals surface area contributed by atoms with Gasteiger partial charge in [-0.15, -0.1) is 0 Å². The molecule has 2 bridgehead atoms. The van der Waals surface area contributed by atoms with Gasteiger partial charge in [-0.3, -0.25) is 4.68 Å². The van der Waals surface area contributed by atoms with E-state index >= 15 is 0 Å². The molecule has 5 nitrogen and oxygen atoms in total. The highest BCUT2D eigenvalue weighted by molar-refractivity contribution is 6.01. The zero-order valence-corrected chi connectivity index (χ0v) is 12.6. The number of anilines is 2. The maximum absolute atomic E-state index is 6.19. The Morgan fingerprint density at radius 2 is 2.05 bits per heavy atom. The van der Waals surface area contributed by atoms with Crippen LogP contribution in [0.1, 0.15) is 24.3 Å². The lowest BCUT2D eigenvalue weighted by molar-refractivity contribution is 0.475. The van der Waals surface area contributed by atoms with Crippen molar-refractivity contribution in [3.05, 3.63) is 30.0 Å². The number of nitrogens with zero attached hydrogens (tertiary/aromatic N) is 3. The second-order valence-electron chi connectivity index (χ2n) is 6.44. The van der Waals surface area contributed by atoms with Crippen molar-refractivity contribution in [3.8, 4) is 11.1 Å². The molecule has 0 atom stereocenters. The number of H-pyrrole nitrogens is 1. The Balaban J connectivity index is 1.82. The Kier molecular flexibility index (Phi) is 2.24. The molecule has 112 valence electrons. The maximum Gasteiger partial charge on any atom is 0.129 e. The predicted octanol–water partition coefficient (Wildman–Crippen LogP) is 2.85. The molecule has 0 aliphatic carbocycles. The van der Waals surface area contributed by atoms with E-state index in [1.54, 1.807) is 4.68 Å². The number of hydrogen-bond donors (Lipinski definition) is 2. The summed E-state index contributed by atoms with van der Waals surface area (Å²) in [5.41, 5.74) is 11.1. The van der Waals surface area contributed by atoms with E-state index in [0.29, 0.717) is 11.7 Å². The molecule has 0 amide bonds. The van der Waals surface area contributed by atoms with E-state index in [1.807, 2.05) is 13.2 Å². The van der Waals surface area contributed by atoms with Crippen LogP contribution in [0, 0.1) is 0 Å². The quantitative estimate of drug-likeness (QED) is 0.725.